The summed E-state index contributed by atoms with van der Waals surface area (Å²) in [5.74, 6) is 6.99. The van der Waals surface area contributed by atoms with Crippen molar-refractivity contribution in [2.24, 2.45) is 0 Å². The summed E-state index contributed by atoms with van der Waals surface area (Å²) in [6.45, 7) is 18.2. The van der Waals surface area contributed by atoms with Gasteiger partial charge in [0, 0.05) is 45.8 Å². The van der Waals surface area contributed by atoms with Crippen molar-refractivity contribution in [1.82, 2.24) is 9.13 Å². The lowest BCUT2D eigenvalue weighted by atomic mass is 9.90. The molecular weight excluding hydrogens is 677 g/mol. The smallest absolute Gasteiger partial charge is 0.261 e. The Bertz CT molecular complexity index is 2170. The van der Waals surface area contributed by atoms with Crippen LogP contribution in [0.1, 0.15) is 102 Å². The molecule has 274 valence electrons. The van der Waals surface area contributed by atoms with E-state index in [1.54, 1.807) is 0 Å². The van der Waals surface area contributed by atoms with Gasteiger partial charge in [0.25, 0.3) is 22.2 Å². The monoisotopic (exact) mass is 732 g/mol. The third-order valence-electron chi connectivity index (χ3n) is 9.89. The normalized spacial score (nSPS) is 12.2. The van der Waals surface area contributed by atoms with Gasteiger partial charge in [0.15, 0.2) is 0 Å². The second-order valence-electron chi connectivity index (χ2n) is 16.7. The van der Waals surface area contributed by atoms with E-state index in [1.807, 2.05) is 24.3 Å². The Kier molecular flexibility index (Phi) is 12.3. The Morgan fingerprint density at radius 1 is 0.423 bits per heavy atom. The van der Waals surface area contributed by atoms with Gasteiger partial charge in [-0.25, -0.2) is 0 Å². The van der Waals surface area contributed by atoms with Gasteiger partial charge in [-0.1, -0.05) is 129 Å². The summed E-state index contributed by atoms with van der Waals surface area (Å²) in [4.78, 5) is 55.4. The minimum Gasteiger partial charge on any atom is -0.274 e. The zero-order chi connectivity index (χ0) is 37.8. The van der Waals surface area contributed by atoms with Crippen LogP contribution in [0.25, 0.3) is 43.1 Å². The lowest BCUT2D eigenvalue weighted by Crippen LogP contribution is -2.25. The number of hydrogen-bond donors (Lipinski definition) is 0. The Labute approximate surface area is 310 Å². The molecule has 0 spiro atoms. The highest BCUT2D eigenvalue weighted by Crippen LogP contribution is 2.36. The summed E-state index contributed by atoms with van der Waals surface area (Å²) < 4.78 is 2.79. The zero-order valence-electron chi connectivity index (χ0n) is 32.7. The van der Waals surface area contributed by atoms with Crippen LogP contribution in [0, 0.1) is 22.9 Å². The standard InChI is InChI=1S/C44H56N2O4Si2/c1-9-11-13-15-17-19-23-45-41(47)37-27-33-31(21-25-51(3,4)5)35-29-39-40(44(50)46(43(39)49)24-20-18-16-14-12-10-2)30-36(35)32(22-26-52(6,7)8)34(33)28-38(37)42(45)48/h27-30H,9-20,23-24H2,1-8H3. The molecule has 0 unspecified atom stereocenters. The van der Waals surface area contributed by atoms with Gasteiger partial charge >= 0.3 is 0 Å². The number of aromatic nitrogens is 2. The van der Waals surface area contributed by atoms with Crippen LogP contribution in [0.2, 0.25) is 39.3 Å². The maximum Gasteiger partial charge on any atom is 0.261 e. The van der Waals surface area contributed by atoms with E-state index in [-0.39, 0.29) is 22.2 Å². The van der Waals surface area contributed by atoms with Crippen molar-refractivity contribution in [3.8, 4) is 22.9 Å². The summed E-state index contributed by atoms with van der Waals surface area (Å²) in [5, 5.41) is 4.56. The van der Waals surface area contributed by atoms with Crippen LogP contribution in [0.15, 0.2) is 43.4 Å². The summed E-state index contributed by atoms with van der Waals surface area (Å²) in [7, 11) is -3.75. The molecule has 0 aliphatic heterocycles. The van der Waals surface area contributed by atoms with E-state index in [1.165, 1.54) is 34.8 Å². The molecular formula is C44H56N2O4Si2. The Balaban J connectivity index is 1.80. The van der Waals surface area contributed by atoms with Crippen LogP contribution in [0.4, 0.5) is 0 Å². The fourth-order valence-electron chi connectivity index (χ4n) is 7.07. The van der Waals surface area contributed by atoms with Crippen LogP contribution in [-0.2, 0) is 13.1 Å². The molecule has 52 heavy (non-hydrogen) atoms. The van der Waals surface area contributed by atoms with Gasteiger partial charge in [0.05, 0.1) is 21.5 Å². The van der Waals surface area contributed by atoms with Crippen molar-refractivity contribution in [2.45, 2.75) is 143 Å². The maximum absolute atomic E-state index is 13.8. The number of benzene rings is 3. The first-order valence-electron chi connectivity index (χ1n) is 19.6. The average Bonchev–Trinajstić information content (AvgIpc) is 3.45. The van der Waals surface area contributed by atoms with Crippen molar-refractivity contribution in [2.75, 3.05) is 0 Å². The third kappa shape index (κ3) is 8.62. The van der Waals surface area contributed by atoms with Crippen LogP contribution in [0.5, 0.6) is 0 Å². The van der Waals surface area contributed by atoms with Crippen LogP contribution >= 0.6 is 0 Å². The van der Waals surface area contributed by atoms with E-state index in [2.05, 4.69) is 76.1 Å². The molecule has 5 aromatic rings. The van der Waals surface area contributed by atoms with Crippen molar-refractivity contribution in [3.05, 3.63) is 76.8 Å². The second kappa shape index (κ2) is 16.4. The van der Waals surface area contributed by atoms with E-state index in [0.717, 1.165) is 72.9 Å². The maximum atomic E-state index is 13.8. The summed E-state index contributed by atoms with van der Waals surface area (Å²) in [6, 6.07) is 7.35. The number of rotatable bonds is 14. The predicted octanol–water partition coefficient (Wildman–Crippen LogP) is 9.40. The Morgan fingerprint density at radius 3 is 0.962 bits per heavy atom. The fraction of sp³-hybridized carbons (Fsp3) is 0.500. The number of nitrogens with zero attached hydrogens (tertiary/aromatic N) is 2. The number of fused-ring (bicyclic) bond motifs is 4. The molecule has 0 radical (unpaired) electrons. The van der Waals surface area contributed by atoms with Crippen molar-refractivity contribution >= 4 is 59.2 Å². The Hall–Kier alpha value is -3.99. The molecule has 5 rings (SSSR count). The van der Waals surface area contributed by atoms with E-state index < -0.39 is 16.1 Å². The molecule has 0 aliphatic rings. The minimum atomic E-state index is -1.88. The van der Waals surface area contributed by atoms with Gasteiger partial charge in [-0.15, -0.1) is 11.1 Å². The molecule has 2 aromatic heterocycles. The molecule has 0 aliphatic carbocycles. The molecule has 0 fully saturated rings. The van der Waals surface area contributed by atoms with Crippen LogP contribution < -0.4 is 22.2 Å². The topological polar surface area (TPSA) is 78.1 Å². The van der Waals surface area contributed by atoms with Gasteiger partial charge in [-0.05, 0) is 37.1 Å². The highest BCUT2D eigenvalue weighted by atomic mass is 28.3. The van der Waals surface area contributed by atoms with Crippen LogP contribution in [-0.4, -0.2) is 25.3 Å². The average molecular weight is 733 g/mol. The van der Waals surface area contributed by atoms with Gasteiger partial charge in [0.2, 0.25) is 0 Å². The summed E-state index contributed by atoms with van der Waals surface area (Å²) in [6.07, 6.45) is 12.8. The Morgan fingerprint density at radius 2 is 0.692 bits per heavy atom. The SMILES string of the molecule is CCCCCCCCn1c(=O)c2cc3c(C#C[Si](C)(C)C)c4cc5c(=O)n(CCCCCCCC)c(=O)c5cc4c(C#C[Si](C)(C)C)c3cc2c1=O. The molecule has 0 amide bonds. The molecule has 0 saturated carbocycles. The van der Waals surface area contributed by atoms with Gasteiger partial charge < -0.3 is 0 Å². The molecule has 0 atom stereocenters. The predicted molar refractivity (Wildman–Crippen MR) is 227 cm³/mol. The first-order chi connectivity index (χ1) is 24.7. The molecule has 2 heterocycles. The van der Waals surface area contributed by atoms with Gasteiger partial charge in [-0.3, -0.25) is 28.3 Å². The van der Waals surface area contributed by atoms with Crippen molar-refractivity contribution < 1.29 is 0 Å². The lowest BCUT2D eigenvalue weighted by molar-refractivity contribution is 0.547. The van der Waals surface area contributed by atoms with Gasteiger partial charge in [-0.2, -0.15) is 0 Å². The molecule has 0 saturated heterocycles. The minimum absolute atomic E-state index is 0.269. The lowest BCUT2D eigenvalue weighted by Gasteiger charge is -2.13. The fourth-order valence-corrected chi connectivity index (χ4v) is 8.07. The molecule has 3 aromatic carbocycles. The first-order valence-corrected chi connectivity index (χ1v) is 26.6. The molecule has 0 bridgehead atoms. The second-order valence-corrected chi connectivity index (χ2v) is 26.2. The zero-order valence-corrected chi connectivity index (χ0v) is 34.7. The molecule has 0 N–H and O–H groups in total. The van der Waals surface area contributed by atoms with Crippen LogP contribution in [0.3, 0.4) is 0 Å². The quantitative estimate of drug-likeness (QED) is 0.0494. The number of unbranched alkanes of at least 4 members (excludes halogenated alkanes) is 10. The first kappa shape index (κ1) is 39.2. The largest absolute Gasteiger partial charge is 0.274 e. The molecule has 6 nitrogen and oxygen atoms in total. The summed E-state index contributed by atoms with van der Waals surface area (Å²) >= 11 is 0. The highest BCUT2D eigenvalue weighted by molar-refractivity contribution is 6.84. The number of hydrogen-bond acceptors (Lipinski definition) is 4. The van der Waals surface area contributed by atoms with E-state index >= 15 is 0 Å². The van der Waals surface area contributed by atoms with Gasteiger partial charge in [0.1, 0.15) is 16.1 Å². The van der Waals surface area contributed by atoms with E-state index in [4.69, 9.17) is 0 Å². The van der Waals surface area contributed by atoms with E-state index in [9.17, 15) is 19.2 Å². The van der Waals surface area contributed by atoms with Crippen molar-refractivity contribution in [1.29, 1.82) is 0 Å². The summed E-state index contributed by atoms with van der Waals surface area (Å²) in [5.41, 5.74) is 7.39. The van der Waals surface area contributed by atoms with Crippen molar-refractivity contribution in [3.63, 3.8) is 0 Å². The molecule has 8 heteroatoms. The highest BCUT2D eigenvalue weighted by Gasteiger charge is 2.22. The third-order valence-corrected chi connectivity index (χ3v) is 11.6. The van der Waals surface area contributed by atoms with E-state index in [0.29, 0.717) is 45.8 Å².